The molecular weight excluding hydrogens is 362 g/mol. The van der Waals surface area contributed by atoms with Gasteiger partial charge in [-0.05, 0) is 31.4 Å². The van der Waals surface area contributed by atoms with E-state index in [2.05, 4.69) is 5.32 Å². The minimum Gasteiger partial charge on any atom is -0.493 e. The van der Waals surface area contributed by atoms with Crippen molar-refractivity contribution in [2.24, 2.45) is 0 Å². The van der Waals surface area contributed by atoms with Crippen molar-refractivity contribution in [3.8, 4) is 11.5 Å². The van der Waals surface area contributed by atoms with Crippen LogP contribution in [0.4, 0.5) is 0 Å². The summed E-state index contributed by atoms with van der Waals surface area (Å²) < 4.78 is 16.2. The second-order valence-corrected chi connectivity index (χ2v) is 6.66. The first kappa shape index (κ1) is 20.3. The number of carbonyl (C=O) groups excluding carboxylic acids is 1. The molecule has 0 aromatic heterocycles. The number of hydrogen-bond donors (Lipinski definition) is 2. The van der Waals surface area contributed by atoms with Gasteiger partial charge < -0.3 is 24.6 Å². The third-order valence-corrected chi connectivity index (χ3v) is 4.54. The first-order valence-corrected chi connectivity index (χ1v) is 8.91. The quantitative estimate of drug-likeness (QED) is 0.714. The van der Waals surface area contributed by atoms with E-state index >= 15 is 0 Å². The number of rotatable bonds is 8. The lowest BCUT2D eigenvalue weighted by Crippen LogP contribution is -2.53. The maximum Gasteiger partial charge on any atom is 0.305 e. The van der Waals surface area contributed by atoms with Crippen molar-refractivity contribution in [1.82, 2.24) is 5.32 Å². The molecule has 0 radical (unpaired) electrons. The Morgan fingerprint density at radius 1 is 1.35 bits per heavy atom. The van der Waals surface area contributed by atoms with Crippen LogP contribution < -0.4 is 14.8 Å². The Morgan fingerprint density at radius 3 is 2.62 bits per heavy atom. The first-order valence-electron chi connectivity index (χ1n) is 8.53. The Bertz CT molecular complexity index is 657. The summed E-state index contributed by atoms with van der Waals surface area (Å²) in [6, 6.07) is 3.04. The van der Waals surface area contributed by atoms with E-state index in [0.29, 0.717) is 44.2 Å². The lowest BCUT2D eigenvalue weighted by molar-refractivity contribution is -0.139. The number of amides is 1. The highest BCUT2D eigenvalue weighted by atomic mass is 35.5. The number of carbonyl (C=O) groups is 2. The average molecular weight is 386 g/mol. The smallest absolute Gasteiger partial charge is 0.305 e. The van der Waals surface area contributed by atoms with Crippen LogP contribution in [0.5, 0.6) is 11.5 Å². The summed E-state index contributed by atoms with van der Waals surface area (Å²) in [5.74, 6) is -0.629. The maximum atomic E-state index is 12.7. The Hall–Kier alpha value is -1.99. The largest absolute Gasteiger partial charge is 0.493 e. The van der Waals surface area contributed by atoms with E-state index in [0.717, 1.165) is 6.42 Å². The normalized spacial score (nSPS) is 16.0. The van der Waals surface area contributed by atoms with Crippen molar-refractivity contribution in [2.45, 2.75) is 38.1 Å². The number of nitrogens with one attached hydrogen (secondary N) is 1. The van der Waals surface area contributed by atoms with E-state index in [1.165, 1.54) is 13.2 Å². The zero-order valence-corrected chi connectivity index (χ0v) is 15.7. The molecule has 144 valence electrons. The zero-order chi connectivity index (χ0) is 19.2. The standard InChI is InChI=1S/C18H24ClNO6/c1-3-6-26-16-13(19)9-12(10-14(16)24-2)17(23)20-18(11-15(21)22)4-7-25-8-5-18/h9-10H,3-8,11H2,1-2H3,(H,20,23)(H,21,22). The molecule has 1 heterocycles. The SMILES string of the molecule is CCCOc1c(Cl)cc(C(=O)NC2(CC(=O)O)CCOCC2)cc1OC. The molecule has 1 saturated heterocycles. The van der Waals surface area contributed by atoms with Gasteiger partial charge in [-0.15, -0.1) is 0 Å². The Kier molecular flexibility index (Phi) is 7.11. The van der Waals surface area contributed by atoms with Crippen molar-refractivity contribution >= 4 is 23.5 Å². The molecule has 1 aromatic carbocycles. The molecule has 0 atom stereocenters. The van der Waals surface area contributed by atoms with Gasteiger partial charge in [0.05, 0.1) is 30.7 Å². The minimum atomic E-state index is -0.967. The summed E-state index contributed by atoms with van der Waals surface area (Å²) in [5.41, 5.74) is -0.551. The molecule has 1 aromatic rings. The number of halogens is 1. The summed E-state index contributed by atoms with van der Waals surface area (Å²) in [7, 11) is 1.47. The highest BCUT2D eigenvalue weighted by Gasteiger charge is 2.36. The van der Waals surface area contributed by atoms with Crippen LogP contribution in [0.15, 0.2) is 12.1 Å². The molecule has 7 nitrogen and oxygen atoms in total. The van der Waals surface area contributed by atoms with Crippen molar-refractivity contribution in [3.05, 3.63) is 22.7 Å². The van der Waals surface area contributed by atoms with Gasteiger partial charge in [0.15, 0.2) is 11.5 Å². The summed E-state index contributed by atoms with van der Waals surface area (Å²) in [6.07, 6.45) is 1.52. The molecule has 0 aliphatic carbocycles. The van der Waals surface area contributed by atoms with Crippen LogP contribution in [-0.2, 0) is 9.53 Å². The second-order valence-electron chi connectivity index (χ2n) is 6.26. The average Bonchev–Trinajstić information content (AvgIpc) is 2.60. The van der Waals surface area contributed by atoms with Crippen molar-refractivity contribution in [1.29, 1.82) is 0 Å². The molecule has 26 heavy (non-hydrogen) atoms. The Morgan fingerprint density at radius 2 is 2.04 bits per heavy atom. The molecule has 1 fully saturated rings. The first-order chi connectivity index (χ1) is 12.4. The van der Waals surface area contributed by atoms with Gasteiger partial charge >= 0.3 is 5.97 Å². The Balaban J connectivity index is 2.24. The van der Waals surface area contributed by atoms with Gasteiger partial charge in [-0.25, -0.2) is 0 Å². The molecular formula is C18H24ClNO6. The fourth-order valence-electron chi connectivity index (χ4n) is 2.91. The van der Waals surface area contributed by atoms with Gasteiger partial charge in [-0.2, -0.15) is 0 Å². The van der Waals surface area contributed by atoms with E-state index in [1.54, 1.807) is 6.07 Å². The van der Waals surface area contributed by atoms with E-state index in [-0.39, 0.29) is 17.0 Å². The maximum absolute atomic E-state index is 12.7. The number of ether oxygens (including phenoxy) is 3. The Labute approximate surface area is 157 Å². The fourth-order valence-corrected chi connectivity index (χ4v) is 3.17. The fraction of sp³-hybridized carbons (Fsp3) is 0.556. The summed E-state index contributed by atoms with van der Waals surface area (Å²) in [5, 5.41) is 12.3. The number of carboxylic acids is 1. The minimum absolute atomic E-state index is 0.162. The summed E-state index contributed by atoms with van der Waals surface area (Å²) in [6.45, 7) is 3.25. The third-order valence-electron chi connectivity index (χ3n) is 4.26. The van der Waals surface area contributed by atoms with E-state index < -0.39 is 17.4 Å². The molecule has 0 saturated carbocycles. The summed E-state index contributed by atoms with van der Waals surface area (Å²) in [4.78, 5) is 24.0. The van der Waals surface area contributed by atoms with Crippen LogP contribution in [0.1, 0.15) is 43.0 Å². The van der Waals surface area contributed by atoms with Crippen molar-refractivity contribution in [2.75, 3.05) is 26.9 Å². The van der Waals surface area contributed by atoms with Crippen LogP contribution in [-0.4, -0.2) is 49.5 Å². The molecule has 1 aliphatic heterocycles. The molecule has 0 spiro atoms. The van der Waals surface area contributed by atoms with Crippen molar-refractivity contribution < 1.29 is 28.9 Å². The molecule has 2 N–H and O–H groups in total. The number of aliphatic carboxylic acids is 1. The van der Waals surface area contributed by atoms with Crippen LogP contribution in [0.3, 0.4) is 0 Å². The lowest BCUT2D eigenvalue weighted by atomic mass is 9.86. The topological polar surface area (TPSA) is 94.1 Å². The second kappa shape index (κ2) is 9.09. The lowest BCUT2D eigenvalue weighted by Gasteiger charge is -2.36. The van der Waals surface area contributed by atoms with Gasteiger partial charge in [0.1, 0.15) is 0 Å². The predicted octanol–water partition coefficient (Wildman–Crippen LogP) is 2.89. The molecule has 0 unspecified atom stereocenters. The molecule has 0 bridgehead atoms. The van der Waals surface area contributed by atoms with E-state index in [4.69, 9.17) is 25.8 Å². The van der Waals surface area contributed by atoms with Gasteiger partial charge in [0, 0.05) is 18.8 Å². The number of methoxy groups -OCH3 is 1. The zero-order valence-electron chi connectivity index (χ0n) is 15.0. The third kappa shape index (κ3) is 5.02. The molecule has 1 aliphatic rings. The number of benzene rings is 1. The predicted molar refractivity (Wildman–Crippen MR) is 96.3 cm³/mol. The van der Waals surface area contributed by atoms with E-state index in [1.807, 2.05) is 6.92 Å². The van der Waals surface area contributed by atoms with Gasteiger partial charge in [-0.1, -0.05) is 18.5 Å². The molecule has 8 heteroatoms. The number of hydrogen-bond acceptors (Lipinski definition) is 5. The highest BCUT2D eigenvalue weighted by Crippen LogP contribution is 2.37. The van der Waals surface area contributed by atoms with Crippen LogP contribution >= 0.6 is 11.6 Å². The van der Waals surface area contributed by atoms with Gasteiger partial charge in [-0.3, -0.25) is 9.59 Å². The van der Waals surface area contributed by atoms with Gasteiger partial charge in [0.25, 0.3) is 5.91 Å². The highest BCUT2D eigenvalue weighted by molar-refractivity contribution is 6.32. The van der Waals surface area contributed by atoms with Crippen molar-refractivity contribution in [3.63, 3.8) is 0 Å². The number of carboxylic acid groups (broad SMARTS) is 1. The summed E-state index contributed by atoms with van der Waals surface area (Å²) >= 11 is 6.26. The molecule has 2 rings (SSSR count). The van der Waals surface area contributed by atoms with Crippen LogP contribution in [0.25, 0.3) is 0 Å². The van der Waals surface area contributed by atoms with Crippen LogP contribution in [0, 0.1) is 0 Å². The van der Waals surface area contributed by atoms with Crippen LogP contribution in [0.2, 0.25) is 5.02 Å². The van der Waals surface area contributed by atoms with E-state index in [9.17, 15) is 14.7 Å². The molecule has 1 amide bonds. The van der Waals surface area contributed by atoms with Gasteiger partial charge in [0.2, 0.25) is 0 Å². The monoisotopic (exact) mass is 385 g/mol.